The van der Waals surface area contributed by atoms with E-state index >= 15 is 0 Å². The van der Waals surface area contributed by atoms with Gasteiger partial charge in [-0.2, -0.15) is 4.98 Å². The second-order valence-corrected chi connectivity index (χ2v) is 7.32. The topological polar surface area (TPSA) is 87.5 Å². The van der Waals surface area contributed by atoms with Crippen LogP contribution in [0.4, 0.5) is 11.8 Å². The highest BCUT2D eigenvalue weighted by atomic mass is 16.2. The number of aryl methyl sites for hydroxylation is 2. The molecule has 0 saturated carbocycles. The number of hydrogen-bond donors (Lipinski definition) is 0. The van der Waals surface area contributed by atoms with Crippen molar-refractivity contribution in [3.63, 3.8) is 0 Å². The van der Waals surface area contributed by atoms with Gasteiger partial charge in [-0.25, -0.2) is 9.97 Å². The van der Waals surface area contributed by atoms with Crippen LogP contribution in [0.15, 0.2) is 17.2 Å². The molecule has 0 radical (unpaired) electrons. The van der Waals surface area contributed by atoms with Gasteiger partial charge in [-0.3, -0.25) is 14.2 Å². The molecule has 28 heavy (non-hydrogen) atoms. The van der Waals surface area contributed by atoms with E-state index in [1.165, 1.54) is 10.9 Å². The lowest BCUT2D eigenvalue weighted by atomic mass is 10.2. The normalized spacial score (nSPS) is 14.3. The van der Waals surface area contributed by atoms with Gasteiger partial charge in [0.15, 0.2) is 0 Å². The largest absolute Gasteiger partial charge is 0.363 e. The van der Waals surface area contributed by atoms with Crippen LogP contribution in [0.3, 0.4) is 0 Å². The minimum atomic E-state index is -0.163. The SMILES string of the molecule is Cc1cc(N(C)C)nc(N2CCN(C(=O)Cn3cnc(C)c(C)c3=O)CC2)n1. The second kappa shape index (κ2) is 7.95. The molecule has 0 unspecified atom stereocenters. The predicted molar refractivity (Wildman–Crippen MR) is 108 cm³/mol. The van der Waals surface area contributed by atoms with Crippen molar-refractivity contribution >= 4 is 17.7 Å². The molecule has 3 heterocycles. The average molecular weight is 385 g/mol. The Kier molecular flexibility index (Phi) is 5.62. The van der Waals surface area contributed by atoms with Gasteiger partial charge in [0.2, 0.25) is 11.9 Å². The van der Waals surface area contributed by atoms with Crippen molar-refractivity contribution in [2.45, 2.75) is 27.3 Å². The maximum atomic E-state index is 12.6. The Morgan fingerprint density at radius 2 is 1.79 bits per heavy atom. The summed E-state index contributed by atoms with van der Waals surface area (Å²) in [6.07, 6.45) is 1.45. The van der Waals surface area contributed by atoms with E-state index in [1.807, 2.05) is 32.0 Å². The summed E-state index contributed by atoms with van der Waals surface area (Å²) in [5.41, 5.74) is 2.02. The lowest BCUT2D eigenvalue weighted by molar-refractivity contribution is -0.132. The van der Waals surface area contributed by atoms with Crippen molar-refractivity contribution in [2.75, 3.05) is 50.1 Å². The van der Waals surface area contributed by atoms with Crippen LogP contribution in [0, 0.1) is 20.8 Å². The van der Waals surface area contributed by atoms with E-state index in [4.69, 9.17) is 0 Å². The zero-order valence-electron chi connectivity index (χ0n) is 17.1. The summed E-state index contributed by atoms with van der Waals surface area (Å²) in [6, 6.07) is 1.94. The molecule has 0 aromatic carbocycles. The Hall–Kier alpha value is -2.97. The van der Waals surface area contributed by atoms with Crippen LogP contribution in [-0.2, 0) is 11.3 Å². The van der Waals surface area contributed by atoms with E-state index in [-0.39, 0.29) is 18.0 Å². The summed E-state index contributed by atoms with van der Waals surface area (Å²) < 4.78 is 1.38. The van der Waals surface area contributed by atoms with Crippen molar-refractivity contribution < 1.29 is 4.79 Å². The maximum absolute atomic E-state index is 12.6. The molecule has 1 aliphatic rings. The number of carbonyl (C=O) groups excluding carboxylic acids is 1. The van der Waals surface area contributed by atoms with E-state index in [0.717, 1.165) is 11.5 Å². The molecule has 2 aromatic rings. The maximum Gasteiger partial charge on any atom is 0.256 e. The first-order chi connectivity index (χ1) is 13.3. The zero-order chi connectivity index (χ0) is 20.4. The van der Waals surface area contributed by atoms with Crippen molar-refractivity contribution in [2.24, 2.45) is 0 Å². The van der Waals surface area contributed by atoms with Gasteiger partial charge in [-0.1, -0.05) is 0 Å². The summed E-state index contributed by atoms with van der Waals surface area (Å²) >= 11 is 0. The minimum Gasteiger partial charge on any atom is -0.363 e. The quantitative estimate of drug-likeness (QED) is 0.752. The minimum absolute atomic E-state index is 0.0126. The first kappa shape index (κ1) is 19.8. The Labute approximate surface area is 164 Å². The molecule has 1 fully saturated rings. The van der Waals surface area contributed by atoms with Crippen LogP contribution in [0.25, 0.3) is 0 Å². The highest BCUT2D eigenvalue weighted by molar-refractivity contribution is 5.76. The van der Waals surface area contributed by atoms with Crippen LogP contribution < -0.4 is 15.4 Å². The average Bonchev–Trinajstić information content (AvgIpc) is 2.68. The van der Waals surface area contributed by atoms with Crippen LogP contribution in [-0.4, -0.2) is 70.6 Å². The Morgan fingerprint density at radius 1 is 1.11 bits per heavy atom. The Balaban J connectivity index is 1.65. The van der Waals surface area contributed by atoms with Crippen molar-refractivity contribution in [3.05, 3.63) is 39.7 Å². The van der Waals surface area contributed by atoms with Gasteiger partial charge in [0.05, 0.1) is 6.33 Å². The lowest BCUT2D eigenvalue weighted by Crippen LogP contribution is -2.50. The van der Waals surface area contributed by atoms with Crippen molar-refractivity contribution in [3.8, 4) is 0 Å². The molecule has 1 saturated heterocycles. The Bertz CT molecular complexity index is 930. The molecule has 0 N–H and O–H groups in total. The summed E-state index contributed by atoms with van der Waals surface area (Å²) in [4.78, 5) is 44.1. The van der Waals surface area contributed by atoms with Gasteiger partial charge in [0, 0.05) is 63.3 Å². The molecule has 0 atom stereocenters. The van der Waals surface area contributed by atoms with Gasteiger partial charge < -0.3 is 14.7 Å². The summed E-state index contributed by atoms with van der Waals surface area (Å²) in [5.74, 6) is 1.47. The zero-order valence-corrected chi connectivity index (χ0v) is 17.1. The van der Waals surface area contributed by atoms with E-state index in [1.54, 1.807) is 18.7 Å². The molecular weight excluding hydrogens is 358 g/mol. The van der Waals surface area contributed by atoms with Gasteiger partial charge in [0.25, 0.3) is 5.56 Å². The summed E-state index contributed by atoms with van der Waals surface area (Å²) in [5, 5.41) is 0. The standard InChI is InChI=1S/C19H27N7O2/c1-13-10-16(23(4)5)22-19(21-13)25-8-6-24(7-9-25)17(27)11-26-12-20-15(3)14(2)18(26)28/h10,12H,6-9,11H2,1-5H3. The molecule has 9 heteroatoms. The van der Waals surface area contributed by atoms with E-state index in [2.05, 4.69) is 19.9 Å². The molecule has 0 bridgehead atoms. The van der Waals surface area contributed by atoms with Gasteiger partial charge in [-0.05, 0) is 20.8 Å². The highest BCUT2D eigenvalue weighted by Crippen LogP contribution is 2.17. The van der Waals surface area contributed by atoms with Gasteiger partial charge in [-0.15, -0.1) is 0 Å². The molecule has 9 nitrogen and oxygen atoms in total. The fourth-order valence-corrected chi connectivity index (χ4v) is 3.10. The van der Waals surface area contributed by atoms with Crippen LogP contribution in [0.5, 0.6) is 0 Å². The summed E-state index contributed by atoms with van der Waals surface area (Å²) in [6.45, 7) is 7.93. The van der Waals surface area contributed by atoms with Crippen LogP contribution in [0.2, 0.25) is 0 Å². The van der Waals surface area contributed by atoms with Crippen molar-refractivity contribution in [1.29, 1.82) is 0 Å². The molecule has 2 aromatic heterocycles. The molecule has 1 aliphatic heterocycles. The van der Waals surface area contributed by atoms with Gasteiger partial charge in [0.1, 0.15) is 12.4 Å². The fraction of sp³-hybridized carbons (Fsp3) is 0.526. The third-order valence-electron chi connectivity index (χ3n) is 5.02. The fourth-order valence-electron chi connectivity index (χ4n) is 3.10. The molecule has 150 valence electrons. The third kappa shape index (κ3) is 4.13. The number of nitrogens with zero attached hydrogens (tertiary/aromatic N) is 7. The van der Waals surface area contributed by atoms with E-state index in [9.17, 15) is 9.59 Å². The molecule has 0 aliphatic carbocycles. The first-order valence-electron chi connectivity index (χ1n) is 9.34. The summed E-state index contributed by atoms with van der Waals surface area (Å²) in [7, 11) is 3.90. The van der Waals surface area contributed by atoms with E-state index < -0.39 is 0 Å². The number of aromatic nitrogens is 4. The first-order valence-corrected chi connectivity index (χ1v) is 9.34. The molecular formula is C19H27N7O2. The van der Waals surface area contributed by atoms with Crippen molar-refractivity contribution in [1.82, 2.24) is 24.4 Å². The third-order valence-corrected chi connectivity index (χ3v) is 5.02. The number of hydrogen-bond acceptors (Lipinski definition) is 7. The highest BCUT2D eigenvalue weighted by Gasteiger charge is 2.23. The van der Waals surface area contributed by atoms with E-state index in [0.29, 0.717) is 43.4 Å². The number of piperazine rings is 1. The molecule has 3 rings (SSSR count). The number of rotatable bonds is 4. The smallest absolute Gasteiger partial charge is 0.256 e. The molecule has 0 spiro atoms. The molecule has 1 amide bonds. The number of carbonyl (C=O) groups is 1. The number of anilines is 2. The monoisotopic (exact) mass is 385 g/mol. The van der Waals surface area contributed by atoms with Crippen LogP contribution >= 0.6 is 0 Å². The predicted octanol–water partition coefficient (Wildman–Crippen LogP) is 0.373. The van der Waals surface area contributed by atoms with Gasteiger partial charge >= 0.3 is 0 Å². The second-order valence-electron chi connectivity index (χ2n) is 7.32. The number of amides is 1. The lowest BCUT2D eigenvalue weighted by Gasteiger charge is -2.35. The van der Waals surface area contributed by atoms with Crippen LogP contribution in [0.1, 0.15) is 17.0 Å². The Morgan fingerprint density at radius 3 is 2.43 bits per heavy atom.